The molecule has 7 heteroatoms. The summed E-state index contributed by atoms with van der Waals surface area (Å²) in [7, 11) is 1.41. The SMILES string of the molecule is COc1cc(O)c2c(c1)C=CCCC(=O)C(=O)CC[C@](C)(F)COC2=O. The fourth-order valence-electron chi connectivity index (χ4n) is 2.53. The minimum absolute atomic E-state index is 0.00589. The Morgan fingerprint density at radius 3 is 2.58 bits per heavy atom. The van der Waals surface area contributed by atoms with E-state index in [1.165, 1.54) is 32.2 Å². The number of halogens is 1. The van der Waals surface area contributed by atoms with Gasteiger partial charge in [0.15, 0.2) is 11.6 Å². The highest BCUT2D eigenvalue weighted by molar-refractivity contribution is 6.37. The number of carbonyl (C=O) groups is 3. The van der Waals surface area contributed by atoms with E-state index in [9.17, 15) is 23.9 Å². The predicted molar refractivity (Wildman–Crippen MR) is 92.0 cm³/mol. The molecular formula is C19H21FO6. The number of ether oxygens (including phenoxy) is 2. The second-order valence-electron chi connectivity index (χ2n) is 6.39. The Kier molecular flexibility index (Phi) is 6.13. The second kappa shape index (κ2) is 8.12. The number of hydrogen-bond donors (Lipinski definition) is 1. The molecule has 1 aliphatic rings. The van der Waals surface area contributed by atoms with Gasteiger partial charge in [-0.25, -0.2) is 9.18 Å². The zero-order valence-electron chi connectivity index (χ0n) is 14.7. The Balaban J connectivity index is 2.41. The number of Topliss-reactive ketones (excluding diaryl/α,β-unsaturated/α-hetero) is 2. The third-order valence-electron chi connectivity index (χ3n) is 4.09. The molecule has 1 aromatic carbocycles. The third kappa shape index (κ3) is 4.91. The molecule has 0 aliphatic carbocycles. The van der Waals surface area contributed by atoms with Crippen LogP contribution in [0, 0.1) is 0 Å². The van der Waals surface area contributed by atoms with Crippen molar-refractivity contribution >= 4 is 23.6 Å². The van der Waals surface area contributed by atoms with E-state index in [4.69, 9.17) is 9.47 Å². The lowest BCUT2D eigenvalue weighted by Crippen LogP contribution is -2.29. The Bertz CT molecular complexity index is 751. The molecule has 140 valence electrons. The third-order valence-corrected chi connectivity index (χ3v) is 4.09. The first-order valence-corrected chi connectivity index (χ1v) is 8.23. The normalized spacial score (nSPS) is 22.3. The molecule has 2 rings (SSSR count). The highest BCUT2D eigenvalue weighted by atomic mass is 19.1. The van der Waals surface area contributed by atoms with E-state index in [1.807, 2.05) is 0 Å². The average molecular weight is 364 g/mol. The number of ketones is 2. The lowest BCUT2D eigenvalue weighted by Gasteiger charge is -2.20. The molecule has 0 bridgehead atoms. The number of carbonyl (C=O) groups excluding carboxylic acids is 3. The van der Waals surface area contributed by atoms with Crippen molar-refractivity contribution in [2.75, 3.05) is 13.7 Å². The molecule has 26 heavy (non-hydrogen) atoms. The standard InChI is InChI=1S/C19H21FO6/c1-19(20)8-7-15(22)14(21)6-4-3-5-12-9-13(25-2)10-16(23)17(12)18(24)26-11-19/h3,5,9-10,23H,4,6-8,11H2,1-2H3/t19-/m0/s1. The largest absolute Gasteiger partial charge is 0.507 e. The number of alkyl halides is 1. The first-order valence-electron chi connectivity index (χ1n) is 8.23. The Hall–Kier alpha value is -2.70. The maximum absolute atomic E-state index is 14.5. The topological polar surface area (TPSA) is 89.9 Å². The molecule has 0 saturated carbocycles. The van der Waals surface area contributed by atoms with Gasteiger partial charge < -0.3 is 14.6 Å². The van der Waals surface area contributed by atoms with E-state index in [1.54, 1.807) is 6.08 Å². The van der Waals surface area contributed by atoms with E-state index < -0.39 is 29.8 Å². The summed E-state index contributed by atoms with van der Waals surface area (Å²) < 4.78 is 24.5. The van der Waals surface area contributed by atoms with E-state index in [2.05, 4.69) is 0 Å². The van der Waals surface area contributed by atoms with Crippen LogP contribution in [-0.4, -0.2) is 42.0 Å². The van der Waals surface area contributed by atoms with Crippen molar-refractivity contribution in [3.63, 3.8) is 0 Å². The Labute approximate surface area is 150 Å². The van der Waals surface area contributed by atoms with E-state index in [0.29, 0.717) is 11.3 Å². The van der Waals surface area contributed by atoms with Crippen LogP contribution in [0.2, 0.25) is 0 Å². The van der Waals surface area contributed by atoms with Crippen molar-refractivity contribution in [1.82, 2.24) is 0 Å². The average Bonchev–Trinajstić information content (AvgIpc) is 2.60. The minimum atomic E-state index is -1.96. The molecule has 1 N–H and O–H groups in total. The zero-order valence-corrected chi connectivity index (χ0v) is 14.7. The summed E-state index contributed by atoms with van der Waals surface area (Å²) in [5.74, 6) is -2.11. The first-order chi connectivity index (χ1) is 12.2. The lowest BCUT2D eigenvalue weighted by molar-refractivity contribution is -0.137. The van der Waals surface area contributed by atoms with Gasteiger partial charge in [-0.3, -0.25) is 9.59 Å². The fourth-order valence-corrected chi connectivity index (χ4v) is 2.53. The molecule has 1 aliphatic heterocycles. The monoisotopic (exact) mass is 364 g/mol. The minimum Gasteiger partial charge on any atom is -0.507 e. The van der Waals surface area contributed by atoms with Gasteiger partial charge in [0.05, 0.1) is 7.11 Å². The second-order valence-corrected chi connectivity index (χ2v) is 6.39. The summed E-state index contributed by atoms with van der Waals surface area (Å²) in [6.45, 7) is 0.598. The van der Waals surface area contributed by atoms with Crippen molar-refractivity contribution < 1.29 is 33.4 Å². The van der Waals surface area contributed by atoms with Crippen LogP contribution in [0.25, 0.3) is 6.08 Å². The number of esters is 1. The maximum atomic E-state index is 14.5. The predicted octanol–water partition coefficient (Wildman–Crippen LogP) is 3.01. The molecule has 0 saturated heterocycles. The molecule has 1 heterocycles. The van der Waals surface area contributed by atoms with Crippen LogP contribution in [0.1, 0.15) is 48.5 Å². The van der Waals surface area contributed by atoms with Crippen LogP contribution in [0.3, 0.4) is 0 Å². The molecule has 0 fully saturated rings. The summed E-state index contributed by atoms with van der Waals surface area (Å²) in [6, 6.07) is 2.77. The quantitative estimate of drug-likeness (QED) is 0.609. The molecule has 1 atom stereocenters. The van der Waals surface area contributed by atoms with Gasteiger partial charge in [0.2, 0.25) is 0 Å². The van der Waals surface area contributed by atoms with Crippen LogP contribution in [0.15, 0.2) is 18.2 Å². The highest BCUT2D eigenvalue weighted by Crippen LogP contribution is 2.30. The van der Waals surface area contributed by atoms with Crippen molar-refractivity contribution in [3.05, 3.63) is 29.3 Å². The number of rotatable bonds is 1. The Morgan fingerprint density at radius 2 is 1.88 bits per heavy atom. The molecule has 0 spiro atoms. The summed E-state index contributed by atoms with van der Waals surface area (Å²) in [5, 5.41) is 10.1. The number of aromatic hydroxyl groups is 1. The van der Waals surface area contributed by atoms with Crippen LogP contribution in [0.5, 0.6) is 11.5 Å². The number of methoxy groups -OCH3 is 1. The van der Waals surface area contributed by atoms with Crippen molar-refractivity contribution in [3.8, 4) is 11.5 Å². The van der Waals surface area contributed by atoms with Gasteiger partial charge in [-0.2, -0.15) is 0 Å². The van der Waals surface area contributed by atoms with Crippen molar-refractivity contribution in [2.24, 2.45) is 0 Å². The van der Waals surface area contributed by atoms with Gasteiger partial charge in [0, 0.05) is 18.9 Å². The summed E-state index contributed by atoms with van der Waals surface area (Å²) >= 11 is 0. The smallest absolute Gasteiger partial charge is 0.342 e. The number of phenolic OH excluding ortho intramolecular Hbond substituents is 1. The van der Waals surface area contributed by atoms with E-state index >= 15 is 0 Å². The van der Waals surface area contributed by atoms with E-state index in [-0.39, 0.29) is 37.0 Å². The highest BCUT2D eigenvalue weighted by Gasteiger charge is 2.29. The summed E-state index contributed by atoms with van der Waals surface area (Å²) in [4.78, 5) is 35.9. The molecule has 6 nitrogen and oxygen atoms in total. The van der Waals surface area contributed by atoms with Gasteiger partial charge >= 0.3 is 5.97 Å². The molecule has 1 aromatic rings. The molecule has 0 unspecified atom stereocenters. The van der Waals surface area contributed by atoms with Gasteiger partial charge in [0.1, 0.15) is 29.3 Å². The number of cyclic esters (lactones) is 1. The summed E-state index contributed by atoms with van der Waals surface area (Å²) in [6.07, 6.45) is 2.92. The van der Waals surface area contributed by atoms with Crippen molar-refractivity contribution in [1.29, 1.82) is 0 Å². The number of allylic oxidation sites excluding steroid dienone is 1. The molecular weight excluding hydrogens is 343 g/mol. The number of fused-ring (bicyclic) bond motifs is 1. The van der Waals surface area contributed by atoms with Crippen LogP contribution < -0.4 is 4.74 Å². The van der Waals surface area contributed by atoms with Gasteiger partial charge in [-0.15, -0.1) is 0 Å². The van der Waals surface area contributed by atoms with Gasteiger partial charge in [-0.1, -0.05) is 12.2 Å². The van der Waals surface area contributed by atoms with E-state index in [0.717, 1.165) is 0 Å². The van der Waals surface area contributed by atoms with Crippen LogP contribution >= 0.6 is 0 Å². The summed E-state index contributed by atoms with van der Waals surface area (Å²) in [5.41, 5.74) is -1.77. The van der Waals surface area contributed by atoms with Gasteiger partial charge in [0.25, 0.3) is 0 Å². The number of phenols is 1. The molecule has 0 amide bonds. The maximum Gasteiger partial charge on any atom is 0.342 e. The Morgan fingerprint density at radius 1 is 1.19 bits per heavy atom. The molecule has 0 aromatic heterocycles. The van der Waals surface area contributed by atoms with Crippen LogP contribution in [0.4, 0.5) is 4.39 Å². The van der Waals surface area contributed by atoms with Gasteiger partial charge in [-0.05, 0) is 31.4 Å². The lowest BCUT2D eigenvalue weighted by atomic mass is 9.98. The first kappa shape index (κ1) is 19.6. The van der Waals surface area contributed by atoms with Crippen LogP contribution in [-0.2, 0) is 14.3 Å². The number of benzene rings is 1. The van der Waals surface area contributed by atoms with Crippen molar-refractivity contribution in [2.45, 2.75) is 38.3 Å². The fraction of sp³-hybridized carbons (Fsp3) is 0.421. The zero-order chi connectivity index (χ0) is 19.3. The number of hydrogen-bond acceptors (Lipinski definition) is 6. The molecule has 0 radical (unpaired) electrons.